The molecule has 0 aliphatic heterocycles. The quantitative estimate of drug-likeness (QED) is 0.926. The topological polar surface area (TPSA) is 59.4 Å². The van der Waals surface area contributed by atoms with Crippen molar-refractivity contribution in [2.75, 3.05) is 0 Å². The lowest BCUT2D eigenvalue weighted by Crippen LogP contribution is -2.00. The molecule has 0 saturated heterocycles. The number of carboxylic acid groups (broad SMARTS) is 1. The second kappa shape index (κ2) is 5.28. The SMILES string of the molecule is Cc1cc(Cl)cc(C)c1Oc1ccnc(C(=O)O)c1. The van der Waals surface area contributed by atoms with Gasteiger partial charge in [-0.15, -0.1) is 0 Å². The Morgan fingerprint density at radius 1 is 1.26 bits per heavy atom. The van der Waals surface area contributed by atoms with Crippen LogP contribution in [-0.4, -0.2) is 16.1 Å². The highest BCUT2D eigenvalue weighted by Gasteiger charge is 2.10. The van der Waals surface area contributed by atoms with Crippen molar-refractivity contribution in [3.05, 3.63) is 52.3 Å². The summed E-state index contributed by atoms with van der Waals surface area (Å²) < 4.78 is 5.72. The van der Waals surface area contributed by atoms with E-state index in [2.05, 4.69) is 4.98 Å². The highest BCUT2D eigenvalue weighted by molar-refractivity contribution is 6.30. The molecule has 0 aliphatic rings. The van der Waals surface area contributed by atoms with E-state index < -0.39 is 5.97 Å². The van der Waals surface area contributed by atoms with Crippen LogP contribution in [-0.2, 0) is 0 Å². The number of nitrogens with zero attached hydrogens (tertiary/aromatic N) is 1. The molecule has 0 amide bonds. The molecule has 0 saturated carbocycles. The number of hydrogen-bond donors (Lipinski definition) is 1. The van der Waals surface area contributed by atoms with E-state index in [0.29, 0.717) is 16.5 Å². The lowest BCUT2D eigenvalue weighted by Gasteiger charge is -2.12. The molecule has 98 valence electrons. The number of aryl methyl sites for hydroxylation is 2. The highest BCUT2D eigenvalue weighted by atomic mass is 35.5. The van der Waals surface area contributed by atoms with E-state index in [9.17, 15) is 4.79 Å². The second-order valence-corrected chi connectivity index (χ2v) is 4.59. The zero-order valence-electron chi connectivity index (χ0n) is 10.5. The van der Waals surface area contributed by atoms with Gasteiger partial charge < -0.3 is 9.84 Å². The first-order chi connectivity index (χ1) is 8.97. The lowest BCUT2D eigenvalue weighted by atomic mass is 10.1. The maximum absolute atomic E-state index is 10.8. The van der Waals surface area contributed by atoms with Crippen molar-refractivity contribution in [3.8, 4) is 11.5 Å². The van der Waals surface area contributed by atoms with E-state index >= 15 is 0 Å². The molecule has 1 heterocycles. The molecule has 0 spiro atoms. The van der Waals surface area contributed by atoms with Crippen LogP contribution >= 0.6 is 11.6 Å². The molecule has 0 radical (unpaired) electrons. The molecule has 2 rings (SSSR count). The van der Waals surface area contributed by atoms with Crippen molar-refractivity contribution >= 4 is 17.6 Å². The second-order valence-electron chi connectivity index (χ2n) is 4.15. The number of aromatic carboxylic acids is 1. The minimum absolute atomic E-state index is 0.0539. The summed E-state index contributed by atoms with van der Waals surface area (Å²) in [5.74, 6) is 0.0165. The fourth-order valence-electron chi connectivity index (χ4n) is 1.77. The largest absolute Gasteiger partial charge is 0.477 e. The molecular weight excluding hydrogens is 266 g/mol. The van der Waals surface area contributed by atoms with E-state index in [-0.39, 0.29) is 5.69 Å². The van der Waals surface area contributed by atoms with E-state index in [1.807, 2.05) is 13.8 Å². The number of hydrogen-bond acceptors (Lipinski definition) is 3. The number of benzene rings is 1. The molecule has 0 atom stereocenters. The van der Waals surface area contributed by atoms with Crippen LogP contribution in [0.15, 0.2) is 30.5 Å². The van der Waals surface area contributed by atoms with Crippen LogP contribution < -0.4 is 4.74 Å². The Kier molecular flexibility index (Phi) is 3.71. The normalized spacial score (nSPS) is 10.3. The summed E-state index contributed by atoms with van der Waals surface area (Å²) in [6.45, 7) is 3.76. The fourth-order valence-corrected chi connectivity index (χ4v) is 2.10. The Morgan fingerprint density at radius 3 is 2.47 bits per heavy atom. The zero-order valence-corrected chi connectivity index (χ0v) is 11.2. The first-order valence-electron chi connectivity index (χ1n) is 5.61. The first kappa shape index (κ1) is 13.4. The molecule has 0 fully saturated rings. The van der Waals surface area contributed by atoms with Gasteiger partial charge in [0.2, 0.25) is 0 Å². The monoisotopic (exact) mass is 277 g/mol. The van der Waals surface area contributed by atoms with Crippen molar-refractivity contribution in [2.24, 2.45) is 0 Å². The van der Waals surface area contributed by atoms with Crippen LogP contribution in [0.5, 0.6) is 11.5 Å². The third-order valence-electron chi connectivity index (χ3n) is 2.60. The van der Waals surface area contributed by atoms with Gasteiger partial charge in [-0.1, -0.05) is 11.6 Å². The van der Waals surface area contributed by atoms with Crippen LogP contribution in [0.2, 0.25) is 5.02 Å². The lowest BCUT2D eigenvalue weighted by molar-refractivity contribution is 0.0690. The highest BCUT2D eigenvalue weighted by Crippen LogP contribution is 2.31. The Bertz CT molecular complexity index is 617. The number of pyridine rings is 1. The number of halogens is 1. The van der Waals surface area contributed by atoms with Gasteiger partial charge in [-0.25, -0.2) is 9.78 Å². The van der Waals surface area contributed by atoms with Gasteiger partial charge in [0, 0.05) is 17.3 Å². The third-order valence-corrected chi connectivity index (χ3v) is 2.81. The molecule has 4 nitrogen and oxygen atoms in total. The summed E-state index contributed by atoms with van der Waals surface area (Å²) in [6, 6.07) is 6.59. The zero-order chi connectivity index (χ0) is 14.0. The average Bonchev–Trinajstić information content (AvgIpc) is 2.34. The van der Waals surface area contributed by atoms with Crippen molar-refractivity contribution in [1.82, 2.24) is 4.98 Å². The molecule has 1 aromatic heterocycles. The van der Waals surface area contributed by atoms with E-state index in [1.165, 1.54) is 12.3 Å². The summed E-state index contributed by atoms with van der Waals surface area (Å²) in [7, 11) is 0. The van der Waals surface area contributed by atoms with Crippen molar-refractivity contribution in [1.29, 1.82) is 0 Å². The van der Waals surface area contributed by atoms with E-state index in [4.69, 9.17) is 21.4 Å². The van der Waals surface area contributed by atoms with Crippen LogP contribution in [0.3, 0.4) is 0 Å². The number of rotatable bonds is 3. The van der Waals surface area contributed by atoms with Gasteiger partial charge in [-0.2, -0.15) is 0 Å². The average molecular weight is 278 g/mol. The summed E-state index contributed by atoms with van der Waals surface area (Å²) in [6.07, 6.45) is 1.40. The molecule has 0 bridgehead atoms. The Morgan fingerprint density at radius 2 is 1.89 bits per heavy atom. The van der Waals surface area contributed by atoms with Gasteiger partial charge in [0.1, 0.15) is 11.5 Å². The molecule has 1 N–H and O–H groups in total. The van der Waals surface area contributed by atoms with Crippen LogP contribution in [0, 0.1) is 13.8 Å². The molecule has 0 unspecified atom stereocenters. The van der Waals surface area contributed by atoms with E-state index in [0.717, 1.165) is 11.1 Å². The molecule has 5 heteroatoms. The minimum atomic E-state index is -1.09. The number of carboxylic acids is 1. The number of aromatic nitrogens is 1. The standard InChI is InChI=1S/C14H12ClNO3/c1-8-5-10(15)6-9(2)13(8)19-11-3-4-16-12(7-11)14(17)18/h3-7H,1-2H3,(H,17,18). The van der Waals surface area contributed by atoms with Crippen molar-refractivity contribution in [2.45, 2.75) is 13.8 Å². The van der Waals surface area contributed by atoms with Crippen LogP contribution in [0.25, 0.3) is 0 Å². The van der Waals surface area contributed by atoms with Crippen LogP contribution in [0.4, 0.5) is 0 Å². The number of carbonyl (C=O) groups is 1. The van der Waals surface area contributed by atoms with E-state index in [1.54, 1.807) is 18.2 Å². The Hall–Kier alpha value is -2.07. The van der Waals surface area contributed by atoms with Crippen LogP contribution in [0.1, 0.15) is 21.6 Å². The van der Waals surface area contributed by atoms with Gasteiger partial charge in [0.25, 0.3) is 0 Å². The smallest absolute Gasteiger partial charge is 0.354 e. The maximum Gasteiger partial charge on any atom is 0.354 e. The molecule has 19 heavy (non-hydrogen) atoms. The summed E-state index contributed by atoms with van der Waals surface area (Å²) in [5, 5.41) is 9.53. The maximum atomic E-state index is 10.8. The molecule has 0 aliphatic carbocycles. The fraction of sp³-hybridized carbons (Fsp3) is 0.143. The summed E-state index contributed by atoms with van der Waals surface area (Å²) in [5.41, 5.74) is 1.72. The Labute approximate surface area is 115 Å². The minimum Gasteiger partial charge on any atom is -0.477 e. The summed E-state index contributed by atoms with van der Waals surface area (Å²) >= 11 is 5.95. The molecular formula is C14H12ClNO3. The van der Waals surface area contributed by atoms with Crippen molar-refractivity contribution in [3.63, 3.8) is 0 Å². The van der Waals surface area contributed by atoms with Gasteiger partial charge in [0.15, 0.2) is 5.69 Å². The molecule has 1 aromatic carbocycles. The Balaban J connectivity index is 2.36. The number of ether oxygens (including phenoxy) is 1. The predicted molar refractivity (Wildman–Crippen MR) is 72.2 cm³/mol. The first-order valence-corrected chi connectivity index (χ1v) is 5.99. The van der Waals surface area contributed by atoms with Gasteiger partial charge >= 0.3 is 5.97 Å². The van der Waals surface area contributed by atoms with Gasteiger partial charge in [-0.3, -0.25) is 0 Å². The predicted octanol–water partition coefficient (Wildman–Crippen LogP) is 3.84. The van der Waals surface area contributed by atoms with Crippen molar-refractivity contribution < 1.29 is 14.6 Å². The molecule has 2 aromatic rings. The summed E-state index contributed by atoms with van der Waals surface area (Å²) in [4.78, 5) is 14.6. The van der Waals surface area contributed by atoms with Gasteiger partial charge in [0.05, 0.1) is 0 Å². The van der Waals surface area contributed by atoms with Gasteiger partial charge in [-0.05, 0) is 43.2 Å². The third kappa shape index (κ3) is 3.03.